The largest absolute Gasteiger partial charge is 0.467 e. The number of hydrogen-bond donors (Lipinski definition) is 0. The monoisotopic (exact) mass is 426 g/mol. The number of rotatable bonds is 8. The maximum atomic E-state index is 13.6. The lowest BCUT2D eigenvalue weighted by molar-refractivity contribution is -0.133. The van der Waals surface area contributed by atoms with Gasteiger partial charge in [0.2, 0.25) is 5.91 Å². The van der Waals surface area contributed by atoms with E-state index >= 15 is 0 Å². The van der Waals surface area contributed by atoms with Gasteiger partial charge in [-0.25, -0.2) is 8.78 Å². The van der Waals surface area contributed by atoms with Crippen molar-refractivity contribution in [1.29, 1.82) is 0 Å². The van der Waals surface area contributed by atoms with E-state index in [1.54, 1.807) is 43.0 Å². The zero-order chi connectivity index (χ0) is 22.4. The standard InChI is InChI=1S/C24H24F2N2O3/c1-17(2)28(24(30)19-5-3-6-21(26)13-19)16-23(29)27(15-22-7-4-12-31-22)14-18-8-10-20(25)11-9-18/h3-13,17H,14-16H2,1-2H3. The zero-order valence-corrected chi connectivity index (χ0v) is 17.4. The number of furan rings is 1. The van der Waals surface area contributed by atoms with Gasteiger partial charge in [0, 0.05) is 18.2 Å². The molecule has 3 rings (SSSR count). The van der Waals surface area contributed by atoms with Crippen LogP contribution in [0.25, 0.3) is 0 Å². The summed E-state index contributed by atoms with van der Waals surface area (Å²) in [6.45, 7) is 3.82. The van der Waals surface area contributed by atoms with Crippen LogP contribution in [0.1, 0.15) is 35.5 Å². The molecule has 0 aliphatic heterocycles. The summed E-state index contributed by atoms with van der Waals surface area (Å²) in [5.41, 5.74) is 0.923. The first-order chi connectivity index (χ1) is 14.8. The van der Waals surface area contributed by atoms with Crippen molar-refractivity contribution in [1.82, 2.24) is 9.80 Å². The SMILES string of the molecule is CC(C)N(CC(=O)N(Cc1ccc(F)cc1)Cc1ccco1)C(=O)c1cccc(F)c1. The fraction of sp³-hybridized carbons (Fsp3) is 0.250. The smallest absolute Gasteiger partial charge is 0.254 e. The third-order valence-corrected chi connectivity index (χ3v) is 4.83. The second kappa shape index (κ2) is 10.0. The van der Waals surface area contributed by atoms with E-state index in [1.165, 1.54) is 41.5 Å². The molecule has 162 valence electrons. The molecule has 0 aliphatic carbocycles. The average Bonchev–Trinajstić information content (AvgIpc) is 3.25. The number of halogens is 2. The molecule has 0 spiro atoms. The maximum absolute atomic E-state index is 13.6. The predicted molar refractivity (Wildman–Crippen MR) is 112 cm³/mol. The second-order valence-electron chi connectivity index (χ2n) is 7.49. The lowest BCUT2D eigenvalue weighted by Crippen LogP contribution is -2.45. The molecular formula is C24H24F2N2O3. The molecule has 2 aromatic carbocycles. The van der Waals surface area contributed by atoms with Gasteiger partial charge in [0.25, 0.3) is 5.91 Å². The van der Waals surface area contributed by atoms with Crippen LogP contribution in [0.3, 0.4) is 0 Å². The van der Waals surface area contributed by atoms with E-state index in [2.05, 4.69) is 0 Å². The van der Waals surface area contributed by atoms with Crippen LogP contribution in [0.5, 0.6) is 0 Å². The Morgan fingerprint density at radius 1 is 0.935 bits per heavy atom. The number of nitrogens with zero attached hydrogens (tertiary/aromatic N) is 2. The van der Waals surface area contributed by atoms with Crippen LogP contribution < -0.4 is 0 Å². The second-order valence-corrected chi connectivity index (χ2v) is 7.49. The summed E-state index contributed by atoms with van der Waals surface area (Å²) in [5.74, 6) is -1.03. The molecule has 0 atom stereocenters. The topological polar surface area (TPSA) is 53.8 Å². The Bertz CT molecular complexity index is 1020. The molecule has 0 bridgehead atoms. The van der Waals surface area contributed by atoms with Crippen LogP contribution in [0, 0.1) is 11.6 Å². The molecule has 7 heteroatoms. The molecule has 0 N–H and O–H groups in total. The maximum Gasteiger partial charge on any atom is 0.254 e. The van der Waals surface area contributed by atoms with Crippen molar-refractivity contribution in [2.24, 2.45) is 0 Å². The highest BCUT2D eigenvalue weighted by atomic mass is 19.1. The van der Waals surface area contributed by atoms with Gasteiger partial charge in [0.1, 0.15) is 23.9 Å². The fourth-order valence-electron chi connectivity index (χ4n) is 3.16. The minimum absolute atomic E-state index is 0.178. The molecule has 2 amide bonds. The van der Waals surface area contributed by atoms with E-state index in [0.29, 0.717) is 5.76 Å². The minimum Gasteiger partial charge on any atom is -0.467 e. The van der Waals surface area contributed by atoms with Crippen molar-refractivity contribution >= 4 is 11.8 Å². The molecule has 1 aromatic heterocycles. The van der Waals surface area contributed by atoms with E-state index in [1.807, 2.05) is 0 Å². The quantitative estimate of drug-likeness (QED) is 0.527. The summed E-state index contributed by atoms with van der Waals surface area (Å²) in [5, 5.41) is 0. The van der Waals surface area contributed by atoms with Crippen molar-refractivity contribution in [3.05, 3.63) is 95.4 Å². The molecule has 0 aliphatic rings. The van der Waals surface area contributed by atoms with Gasteiger partial charge in [0.15, 0.2) is 0 Å². The molecule has 0 radical (unpaired) electrons. The van der Waals surface area contributed by atoms with Crippen LogP contribution in [-0.4, -0.2) is 34.2 Å². The molecule has 3 aromatic rings. The molecule has 31 heavy (non-hydrogen) atoms. The molecule has 0 fully saturated rings. The number of carbonyl (C=O) groups excluding carboxylic acids is 2. The van der Waals surface area contributed by atoms with Crippen LogP contribution in [-0.2, 0) is 17.9 Å². The van der Waals surface area contributed by atoms with E-state index < -0.39 is 11.7 Å². The number of hydrogen-bond acceptors (Lipinski definition) is 3. The average molecular weight is 426 g/mol. The highest BCUT2D eigenvalue weighted by Gasteiger charge is 2.25. The van der Waals surface area contributed by atoms with Gasteiger partial charge in [-0.05, 0) is 61.9 Å². The molecule has 0 unspecified atom stereocenters. The summed E-state index contributed by atoms with van der Waals surface area (Å²) in [7, 11) is 0. The Balaban J connectivity index is 1.80. The third-order valence-electron chi connectivity index (χ3n) is 4.83. The highest BCUT2D eigenvalue weighted by molar-refractivity contribution is 5.96. The molecular weight excluding hydrogens is 402 g/mol. The summed E-state index contributed by atoms with van der Waals surface area (Å²) in [4.78, 5) is 29.1. The van der Waals surface area contributed by atoms with Gasteiger partial charge in [-0.15, -0.1) is 0 Å². The van der Waals surface area contributed by atoms with E-state index in [4.69, 9.17) is 4.42 Å². The predicted octanol–water partition coefficient (Wildman–Crippen LogP) is 4.64. The normalized spacial score (nSPS) is 10.9. The summed E-state index contributed by atoms with van der Waals surface area (Å²) in [6, 6.07) is 14.5. The van der Waals surface area contributed by atoms with Crippen LogP contribution in [0.15, 0.2) is 71.3 Å². The first-order valence-electron chi connectivity index (χ1n) is 9.94. The van der Waals surface area contributed by atoms with Gasteiger partial charge < -0.3 is 14.2 Å². The van der Waals surface area contributed by atoms with E-state index in [-0.39, 0.29) is 43.0 Å². The van der Waals surface area contributed by atoms with Crippen molar-refractivity contribution < 1.29 is 22.8 Å². The minimum atomic E-state index is -0.517. The van der Waals surface area contributed by atoms with Crippen LogP contribution in [0.4, 0.5) is 8.78 Å². The fourth-order valence-corrected chi connectivity index (χ4v) is 3.16. The van der Waals surface area contributed by atoms with Crippen molar-refractivity contribution in [2.75, 3.05) is 6.54 Å². The lowest BCUT2D eigenvalue weighted by atomic mass is 10.1. The van der Waals surface area contributed by atoms with Crippen LogP contribution >= 0.6 is 0 Å². The molecule has 5 nitrogen and oxygen atoms in total. The van der Waals surface area contributed by atoms with Crippen molar-refractivity contribution in [3.63, 3.8) is 0 Å². The van der Waals surface area contributed by atoms with Crippen molar-refractivity contribution in [3.8, 4) is 0 Å². The number of benzene rings is 2. The lowest BCUT2D eigenvalue weighted by Gasteiger charge is -2.30. The third kappa shape index (κ3) is 6.01. The summed E-state index contributed by atoms with van der Waals surface area (Å²) >= 11 is 0. The summed E-state index contributed by atoms with van der Waals surface area (Å²) in [6.07, 6.45) is 1.52. The molecule has 0 saturated carbocycles. The first-order valence-corrected chi connectivity index (χ1v) is 9.94. The Morgan fingerprint density at radius 2 is 1.68 bits per heavy atom. The first kappa shape index (κ1) is 22.2. The Morgan fingerprint density at radius 3 is 2.29 bits per heavy atom. The zero-order valence-electron chi connectivity index (χ0n) is 17.4. The van der Waals surface area contributed by atoms with Gasteiger partial charge in [-0.3, -0.25) is 9.59 Å². The Hall–Kier alpha value is -3.48. The number of carbonyl (C=O) groups is 2. The van der Waals surface area contributed by atoms with Gasteiger partial charge in [0.05, 0.1) is 12.8 Å². The highest BCUT2D eigenvalue weighted by Crippen LogP contribution is 2.15. The molecule has 0 saturated heterocycles. The van der Waals surface area contributed by atoms with Crippen LogP contribution in [0.2, 0.25) is 0 Å². The van der Waals surface area contributed by atoms with E-state index in [9.17, 15) is 18.4 Å². The van der Waals surface area contributed by atoms with Gasteiger partial charge in [-0.2, -0.15) is 0 Å². The van der Waals surface area contributed by atoms with E-state index in [0.717, 1.165) is 11.6 Å². The molecule has 1 heterocycles. The summed E-state index contributed by atoms with van der Waals surface area (Å²) < 4.78 is 32.2. The van der Waals surface area contributed by atoms with Crippen molar-refractivity contribution in [2.45, 2.75) is 33.0 Å². The number of amides is 2. The van der Waals surface area contributed by atoms with Gasteiger partial charge >= 0.3 is 0 Å². The Kier molecular flexibility index (Phi) is 7.18. The Labute approximate surface area is 179 Å². The van der Waals surface area contributed by atoms with Gasteiger partial charge in [-0.1, -0.05) is 18.2 Å².